The van der Waals surface area contributed by atoms with Crippen molar-refractivity contribution in [3.05, 3.63) is 41.9 Å². The number of alkyl halides is 3. The molecule has 0 saturated carbocycles. The van der Waals surface area contributed by atoms with Gasteiger partial charge in [-0.1, -0.05) is 6.92 Å². The molecule has 2 heterocycles. The molecule has 114 valence electrons. The SMILES string of the molecule is CCCNc1cc(C(F)(F)F)cc(OCc2ccco2)n1. The normalized spacial score (nSPS) is 11.4. The molecule has 0 aromatic carbocycles. The highest BCUT2D eigenvalue weighted by molar-refractivity contribution is 5.42. The Hall–Kier alpha value is -2.18. The summed E-state index contributed by atoms with van der Waals surface area (Å²) in [6, 6.07) is 5.19. The lowest BCUT2D eigenvalue weighted by atomic mass is 10.2. The van der Waals surface area contributed by atoms with Gasteiger partial charge >= 0.3 is 6.18 Å². The predicted octanol–water partition coefficient (Wildman–Crippen LogP) is 4.09. The number of halogens is 3. The number of pyridine rings is 1. The summed E-state index contributed by atoms with van der Waals surface area (Å²) < 4.78 is 48.9. The average molecular weight is 300 g/mol. The minimum atomic E-state index is -4.45. The second kappa shape index (κ2) is 6.51. The minimum Gasteiger partial charge on any atom is -0.469 e. The fourth-order valence-corrected chi connectivity index (χ4v) is 1.63. The molecule has 21 heavy (non-hydrogen) atoms. The number of rotatable bonds is 6. The van der Waals surface area contributed by atoms with Gasteiger partial charge in [-0.15, -0.1) is 0 Å². The summed E-state index contributed by atoms with van der Waals surface area (Å²) in [5.41, 5.74) is -0.800. The van der Waals surface area contributed by atoms with E-state index in [-0.39, 0.29) is 18.3 Å². The van der Waals surface area contributed by atoms with Gasteiger partial charge in [0.2, 0.25) is 5.88 Å². The molecule has 0 amide bonds. The number of nitrogens with zero attached hydrogens (tertiary/aromatic N) is 1. The number of aromatic nitrogens is 1. The van der Waals surface area contributed by atoms with Crippen LogP contribution in [0.3, 0.4) is 0 Å². The van der Waals surface area contributed by atoms with Gasteiger partial charge in [0, 0.05) is 12.6 Å². The minimum absolute atomic E-state index is 0.0223. The van der Waals surface area contributed by atoms with Gasteiger partial charge in [-0.25, -0.2) is 0 Å². The van der Waals surface area contributed by atoms with Crippen LogP contribution < -0.4 is 10.1 Å². The first-order chi connectivity index (χ1) is 9.99. The van der Waals surface area contributed by atoms with Crippen molar-refractivity contribution < 1.29 is 22.3 Å². The number of hydrogen-bond acceptors (Lipinski definition) is 4. The Kier molecular flexibility index (Phi) is 4.72. The molecule has 0 bridgehead atoms. The number of ether oxygens (including phenoxy) is 1. The summed E-state index contributed by atoms with van der Waals surface area (Å²) in [5, 5.41) is 2.83. The second-order valence-electron chi connectivity index (χ2n) is 4.37. The summed E-state index contributed by atoms with van der Waals surface area (Å²) in [6.45, 7) is 2.47. The van der Waals surface area contributed by atoms with Gasteiger partial charge in [0.05, 0.1) is 11.8 Å². The van der Waals surface area contributed by atoms with Crippen LogP contribution in [0.4, 0.5) is 19.0 Å². The van der Waals surface area contributed by atoms with Crippen LogP contribution in [0.15, 0.2) is 34.9 Å². The third-order valence-electron chi connectivity index (χ3n) is 2.63. The summed E-state index contributed by atoms with van der Waals surface area (Å²) >= 11 is 0. The molecule has 0 fully saturated rings. The Labute approximate surface area is 119 Å². The van der Waals surface area contributed by atoms with Crippen LogP contribution in [0.25, 0.3) is 0 Å². The third-order valence-corrected chi connectivity index (χ3v) is 2.63. The molecule has 0 saturated heterocycles. The summed E-state index contributed by atoms with van der Waals surface area (Å²) in [4.78, 5) is 4.01. The van der Waals surface area contributed by atoms with Gasteiger partial charge in [0.25, 0.3) is 0 Å². The highest BCUT2D eigenvalue weighted by Gasteiger charge is 2.32. The van der Waals surface area contributed by atoms with Crippen LogP contribution in [-0.4, -0.2) is 11.5 Å². The Morgan fingerprint density at radius 3 is 2.76 bits per heavy atom. The zero-order valence-corrected chi connectivity index (χ0v) is 11.4. The molecule has 2 aromatic rings. The molecule has 7 heteroatoms. The molecular formula is C14H15F3N2O2. The van der Waals surface area contributed by atoms with Crippen molar-refractivity contribution in [1.82, 2.24) is 4.98 Å². The molecule has 2 rings (SSSR count). The van der Waals surface area contributed by atoms with E-state index >= 15 is 0 Å². The third kappa shape index (κ3) is 4.40. The van der Waals surface area contributed by atoms with Crippen LogP contribution in [0, 0.1) is 0 Å². The van der Waals surface area contributed by atoms with E-state index in [4.69, 9.17) is 9.15 Å². The lowest BCUT2D eigenvalue weighted by Crippen LogP contribution is -2.10. The van der Waals surface area contributed by atoms with E-state index < -0.39 is 11.7 Å². The zero-order valence-electron chi connectivity index (χ0n) is 11.4. The van der Waals surface area contributed by atoms with Crippen LogP contribution >= 0.6 is 0 Å². The van der Waals surface area contributed by atoms with Gasteiger partial charge in [-0.05, 0) is 24.6 Å². The van der Waals surface area contributed by atoms with E-state index in [2.05, 4.69) is 10.3 Å². The molecule has 0 radical (unpaired) electrons. The van der Waals surface area contributed by atoms with Crippen molar-refractivity contribution in [2.75, 3.05) is 11.9 Å². The predicted molar refractivity (Wildman–Crippen MR) is 71.1 cm³/mol. The van der Waals surface area contributed by atoms with Crippen molar-refractivity contribution in [1.29, 1.82) is 0 Å². The molecule has 0 atom stereocenters. The fraction of sp³-hybridized carbons (Fsp3) is 0.357. The molecule has 0 unspecified atom stereocenters. The summed E-state index contributed by atoms with van der Waals surface area (Å²) in [6.07, 6.45) is -2.21. The smallest absolute Gasteiger partial charge is 0.416 e. The number of nitrogens with one attached hydrogen (secondary N) is 1. The lowest BCUT2D eigenvalue weighted by molar-refractivity contribution is -0.137. The number of anilines is 1. The molecule has 0 aliphatic heterocycles. The van der Waals surface area contributed by atoms with E-state index in [0.29, 0.717) is 12.3 Å². The Bertz CT molecular complexity index is 568. The summed E-state index contributed by atoms with van der Waals surface area (Å²) in [7, 11) is 0. The van der Waals surface area contributed by atoms with Crippen LogP contribution in [-0.2, 0) is 12.8 Å². The maximum absolute atomic E-state index is 12.9. The standard InChI is InChI=1S/C14H15F3N2O2/c1-2-5-18-12-7-10(14(15,16)17)8-13(19-12)21-9-11-4-3-6-20-11/h3-4,6-8H,2,5,9H2,1H3,(H,18,19). The van der Waals surface area contributed by atoms with Crippen molar-refractivity contribution in [3.8, 4) is 5.88 Å². The van der Waals surface area contributed by atoms with Gasteiger partial charge in [0.1, 0.15) is 18.2 Å². The zero-order chi connectivity index (χ0) is 15.3. The van der Waals surface area contributed by atoms with Crippen LogP contribution in [0.2, 0.25) is 0 Å². The van der Waals surface area contributed by atoms with Gasteiger partial charge in [-0.2, -0.15) is 18.2 Å². The average Bonchev–Trinajstić information content (AvgIpc) is 2.95. The van der Waals surface area contributed by atoms with Crippen molar-refractivity contribution in [3.63, 3.8) is 0 Å². The van der Waals surface area contributed by atoms with Crippen molar-refractivity contribution >= 4 is 5.82 Å². The largest absolute Gasteiger partial charge is 0.469 e. The van der Waals surface area contributed by atoms with E-state index in [1.165, 1.54) is 6.26 Å². The van der Waals surface area contributed by atoms with Crippen LogP contribution in [0.1, 0.15) is 24.7 Å². The first-order valence-electron chi connectivity index (χ1n) is 6.47. The molecule has 4 nitrogen and oxygen atoms in total. The van der Waals surface area contributed by atoms with Crippen molar-refractivity contribution in [2.24, 2.45) is 0 Å². The molecule has 1 N–H and O–H groups in total. The van der Waals surface area contributed by atoms with E-state index in [1.54, 1.807) is 12.1 Å². The number of furan rings is 1. The van der Waals surface area contributed by atoms with Crippen LogP contribution in [0.5, 0.6) is 5.88 Å². The van der Waals surface area contributed by atoms with Gasteiger partial charge in [-0.3, -0.25) is 0 Å². The Balaban J connectivity index is 2.17. The highest BCUT2D eigenvalue weighted by Crippen LogP contribution is 2.32. The maximum atomic E-state index is 12.9. The second-order valence-corrected chi connectivity index (χ2v) is 4.37. The Morgan fingerprint density at radius 2 is 2.14 bits per heavy atom. The maximum Gasteiger partial charge on any atom is 0.416 e. The first-order valence-corrected chi connectivity index (χ1v) is 6.47. The quantitative estimate of drug-likeness (QED) is 0.872. The highest BCUT2D eigenvalue weighted by atomic mass is 19.4. The van der Waals surface area contributed by atoms with E-state index in [1.807, 2.05) is 6.92 Å². The fourth-order valence-electron chi connectivity index (χ4n) is 1.63. The molecular weight excluding hydrogens is 285 g/mol. The first kappa shape index (κ1) is 15.2. The molecule has 0 spiro atoms. The van der Waals surface area contributed by atoms with Crippen molar-refractivity contribution in [2.45, 2.75) is 26.1 Å². The summed E-state index contributed by atoms with van der Waals surface area (Å²) in [5.74, 6) is 0.554. The molecule has 2 aromatic heterocycles. The molecule has 0 aliphatic carbocycles. The van der Waals surface area contributed by atoms with Gasteiger partial charge in [0.15, 0.2) is 0 Å². The van der Waals surface area contributed by atoms with Gasteiger partial charge < -0.3 is 14.5 Å². The number of hydrogen-bond donors (Lipinski definition) is 1. The topological polar surface area (TPSA) is 47.3 Å². The lowest BCUT2D eigenvalue weighted by Gasteiger charge is -2.12. The monoisotopic (exact) mass is 300 g/mol. The molecule has 0 aliphatic rings. The Morgan fingerprint density at radius 1 is 1.33 bits per heavy atom. The van der Waals surface area contributed by atoms with E-state index in [0.717, 1.165) is 18.6 Å². The van der Waals surface area contributed by atoms with E-state index in [9.17, 15) is 13.2 Å².